The molecule has 0 aliphatic rings. The van der Waals surface area contributed by atoms with Gasteiger partial charge in [-0.2, -0.15) is 5.10 Å². The molecule has 0 saturated carbocycles. The molecule has 1 aromatic heterocycles. The van der Waals surface area contributed by atoms with Crippen LogP contribution in [0.3, 0.4) is 0 Å². The highest BCUT2D eigenvalue weighted by atomic mass is 35.5. The molecular formula is C18H18ClN3O2. The normalized spacial score (nSPS) is 10.6. The number of aliphatic hydroxyl groups excluding tert-OH is 1. The summed E-state index contributed by atoms with van der Waals surface area (Å²) in [6, 6.07) is 13.1. The Morgan fingerprint density at radius 3 is 2.71 bits per heavy atom. The van der Waals surface area contributed by atoms with Crippen LogP contribution in [0.4, 0.5) is 5.69 Å². The quantitative estimate of drug-likeness (QED) is 0.717. The summed E-state index contributed by atoms with van der Waals surface area (Å²) >= 11 is 5.90. The number of methoxy groups -OCH3 is 1. The van der Waals surface area contributed by atoms with Gasteiger partial charge in [0.1, 0.15) is 5.75 Å². The van der Waals surface area contributed by atoms with Crippen LogP contribution in [0.2, 0.25) is 5.02 Å². The Balaban J connectivity index is 1.68. The van der Waals surface area contributed by atoms with Crippen molar-refractivity contribution in [3.63, 3.8) is 0 Å². The molecule has 0 radical (unpaired) electrons. The predicted octanol–water partition coefficient (Wildman–Crippen LogP) is 3.64. The molecule has 2 N–H and O–H groups in total. The number of hydrogen-bond acceptors (Lipinski definition) is 4. The average Bonchev–Trinajstić information content (AvgIpc) is 3.09. The zero-order chi connectivity index (χ0) is 16.9. The first-order valence-corrected chi connectivity index (χ1v) is 7.88. The fourth-order valence-corrected chi connectivity index (χ4v) is 2.53. The molecule has 0 atom stereocenters. The minimum absolute atomic E-state index is 0.0623. The monoisotopic (exact) mass is 343 g/mol. The lowest BCUT2D eigenvalue weighted by Gasteiger charge is -2.10. The van der Waals surface area contributed by atoms with Crippen LogP contribution >= 0.6 is 11.6 Å². The van der Waals surface area contributed by atoms with E-state index in [-0.39, 0.29) is 6.61 Å². The van der Waals surface area contributed by atoms with Crippen molar-refractivity contribution >= 4 is 17.3 Å². The van der Waals surface area contributed by atoms with Gasteiger partial charge in [0.05, 0.1) is 25.6 Å². The summed E-state index contributed by atoms with van der Waals surface area (Å²) < 4.78 is 7.01. The summed E-state index contributed by atoms with van der Waals surface area (Å²) in [5.41, 5.74) is 3.67. The van der Waals surface area contributed by atoms with Crippen LogP contribution in [-0.4, -0.2) is 22.0 Å². The molecule has 0 unspecified atom stereocenters. The molecule has 0 fully saturated rings. The van der Waals surface area contributed by atoms with Crippen molar-refractivity contribution < 1.29 is 9.84 Å². The number of aromatic nitrogens is 2. The van der Waals surface area contributed by atoms with Gasteiger partial charge in [-0.05, 0) is 42.5 Å². The predicted molar refractivity (Wildman–Crippen MR) is 94.8 cm³/mol. The van der Waals surface area contributed by atoms with Gasteiger partial charge in [-0.15, -0.1) is 0 Å². The van der Waals surface area contributed by atoms with E-state index in [9.17, 15) is 5.11 Å². The van der Waals surface area contributed by atoms with E-state index in [0.29, 0.717) is 17.3 Å². The summed E-state index contributed by atoms with van der Waals surface area (Å²) in [5, 5.41) is 17.8. The fraction of sp³-hybridized carbons (Fsp3) is 0.167. The van der Waals surface area contributed by atoms with Gasteiger partial charge in [-0.25, -0.2) is 4.68 Å². The second-order valence-corrected chi connectivity index (χ2v) is 5.74. The molecule has 3 aromatic rings. The smallest absolute Gasteiger partial charge is 0.124 e. The Labute approximate surface area is 145 Å². The first kappa shape index (κ1) is 16.4. The van der Waals surface area contributed by atoms with Crippen molar-refractivity contribution in [3.8, 4) is 11.4 Å². The minimum Gasteiger partial charge on any atom is -0.496 e. The third-order valence-corrected chi connectivity index (χ3v) is 3.93. The first-order valence-electron chi connectivity index (χ1n) is 7.50. The van der Waals surface area contributed by atoms with Crippen molar-refractivity contribution in [2.75, 3.05) is 12.4 Å². The molecule has 0 saturated heterocycles. The molecule has 0 aliphatic heterocycles. The molecule has 6 heteroatoms. The zero-order valence-corrected chi connectivity index (χ0v) is 14.0. The molecule has 0 amide bonds. The van der Waals surface area contributed by atoms with Crippen molar-refractivity contribution in [1.82, 2.24) is 9.78 Å². The molecule has 24 heavy (non-hydrogen) atoms. The Hall–Kier alpha value is -2.50. The molecule has 1 heterocycles. The zero-order valence-electron chi connectivity index (χ0n) is 13.2. The Bertz CT molecular complexity index is 815. The van der Waals surface area contributed by atoms with Crippen molar-refractivity contribution in [2.45, 2.75) is 13.2 Å². The van der Waals surface area contributed by atoms with Crippen molar-refractivity contribution in [1.29, 1.82) is 0 Å². The van der Waals surface area contributed by atoms with Gasteiger partial charge in [0, 0.05) is 34.6 Å². The molecule has 0 spiro atoms. The van der Waals surface area contributed by atoms with E-state index in [4.69, 9.17) is 16.3 Å². The van der Waals surface area contributed by atoms with Gasteiger partial charge in [-0.1, -0.05) is 11.6 Å². The summed E-state index contributed by atoms with van der Waals surface area (Å²) in [6.07, 6.45) is 3.78. The van der Waals surface area contributed by atoms with Crippen LogP contribution in [0.25, 0.3) is 5.69 Å². The van der Waals surface area contributed by atoms with Gasteiger partial charge in [-0.3, -0.25) is 0 Å². The Morgan fingerprint density at radius 1 is 1.21 bits per heavy atom. The van der Waals surface area contributed by atoms with E-state index in [1.807, 2.05) is 54.9 Å². The highest BCUT2D eigenvalue weighted by Crippen LogP contribution is 2.23. The maximum Gasteiger partial charge on any atom is 0.124 e. The topological polar surface area (TPSA) is 59.3 Å². The highest BCUT2D eigenvalue weighted by Gasteiger charge is 2.05. The number of rotatable bonds is 6. The van der Waals surface area contributed by atoms with Crippen LogP contribution in [0.5, 0.6) is 5.75 Å². The standard InChI is InChI=1S/C18H18ClN3O2/c1-24-18-7-4-16(8-14(18)12-23)20-9-13-10-21-22(11-13)17-5-2-15(19)3-6-17/h2-8,10-11,20,23H,9,12H2,1H3. The Kier molecular flexibility index (Phi) is 5.03. The number of halogens is 1. The van der Waals surface area contributed by atoms with E-state index in [1.165, 1.54) is 0 Å². The Morgan fingerprint density at radius 2 is 2.00 bits per heavy atom. The molecule has 0 aliphatic carbocycles. The van der Waals surface area contributed by atoms with E-state index >= 15 is 0 Å². The van der Waals surface area contributed by atoms with Crippen LogP contribution in [0, 0.1) is 0 Å². The largest absolute Gasteiger partial charge is 0.496 e. The molecule has 0 bridgehead atoms. The number of ether oxygens (including phenoxy) is 1. The summed E-state index contributed by atoms with van der Waals surface area (Å²) in [4.78, 5) is 0. The summed E-state index contributed by atoms with van der Waals surface area (Å²) in [7, 11) is 1.59. The molecule has 5 nitrogen and oxygen atoms in total. The van der Waals surface area contributed by atoms with Crippen LogP contribution in [0.15, 0.2) is 54.9 Å². The molecular weight excluding hydrogens is 326 g/mol. The summed E-state index contributed by atoms with van der Waals surface area (Å²) in [6.45, 7) is 0.567. The lowest BCUT2D eigenvalue weighted by Crippen LogP contribution is -2.00. The van der Waals surface area contributed by atoms with Gasteiger partial charge in [0.2, 0.25) is 0 Å². The lowest BCUT2D eigenvalue weighted by molar-refractivity contribution is 0.274. The van der Waals surface area contributed by atoms with Crippen LogP contribution in [-0.2, 0) is 13.2 Å². The maximum absolute atomic E-state index is 9.38. The van der Waals surface area contributed by atoms with Gasteiger partial charge in [0.25, 0.3) is 0 Å². The summed E-state index contributed by atoms with van der Waals surface area (Å²) in [5.74, 6) is 0.679. The van der Waals surface area contributed by atoms with E-state index in [1.54, 1.807) is 11.8 Å². The van der Waals surface area contributed by atoms with Crippen molar-refractivity contribution in [3.05, 3.63) is 71.0 Å². The number of anilines is 1. The SMILES string of the molecule is COc1ccc(NCc2cnn(-c3ccc(Cl)cc3)c2)cc1CO. The number of benzene rings is 2. The van der Waals surface area contributed by atoms with E-state index in [0.717, 1.165) is 22.5 Å². The maximum atomic E-state index is 9.38. The minimum atomic E-state index is -0.0623. The molecule has 3 rings (SSSR count). The van der Waals surface area contributed by atoms with Gasteiger partial charge >= 0.3 is 0 Å². The second-order valence-electron chi connectivity index (χ2n) is 5.31. The third kappa shape index (κ3) is 3.69. The van der Waals surface area contributed by atoms with E-state index < -0.39 is 0 Å². The van der Waals surface area contributed by atoms with E-state index in [2.05, 4.69) is 10.4 Å². The first-order chi connectivity index (χ1) is 11.7. The van der Waals surface area contributed by atoms with Gasteiger partial charge < -0.3 is 15.2 Å². The second kappa shape index (κ2) is 7.38. The number of aliphatic hydroxyl groups is 1. The third-order valence-electron chi connectivity index (χ3n) is 3.67. The molecule has 2 aromatic carbocycles. The highest BCUT2D eigenvalue weighted by molar-refractivity contribution is 6.30. The number of nitrogens with zero attached hydrogens (tertiary/aromatic N) is 2. The fourth-order valence-electron chi connectivity index (χ4n) is 2.40. The number of nitrogens with one attached hydrogen (secondary N) is 1. The lowest BCUT2D eigenvalue weighted by atomic mass is 10.2. The van der Waals surface area contributed by atoms with Crippen LogP contribution < -0.4 is 10.1 Å². The number of hydrogen-bond donors (Lipinski definition) is 2. The van der Waals surface area contributed by atoms with Crippen LogP contribution in [0.1, 0.15) is 11.1 Å². The van der Waals surface area contributed by atoms with Crippen molar-refractivity contribution in [2.24, 2.45) is 0 Å². The van der Waals surface area contributed by atoms with Gasteiger partial charge in [0.15, 0.2) is 0 Å². The molecule has 124 valence electrons. The average molecular weight is 344 g/mol.